The molecule has 7 heteroatoms. The van der Waals surface area contributed by atoms with E-state index in [1.165, 1.54) is 0 Å². The molecule has 0 aliphatic carbocycles. The standard InChI is InChI=1S/C21H25N3O3S/c1-6-28(25,26)16-8-9-17(14(4)11-16)23-21-22-12-15-7-10-18(27-5)19(13(2)3)20(15)24-21/h7-13H,6H2,1-5H3,(H,22,23,24). The number of nitrogens with zero attached hydrogens (tertiary/aromatic N) is 2. The predicted octanol–water partition coefficient (Wildman–Crippen LogP) is 4.61. The van der Waals surface area contributed by atoms with Crippen LogP contribution >= 0.6 is 0 Å². The summed E-state index contributed by atoms with van der Waals surface area (Å²) in [6.45, 7) is 7.70. The zero-order valence-corrected chi connectivity index (χ0v) is 17.6. The van der Waals surface area contributed by atoms with Crippen LogP contribution in [0.4, 0.5) is 11.6 Å². The number of fused-ring (bicyclic) bond motifs is 1. The first-order chi connectivity index (χ1) is 13.3. The Morgan fingerprint density at radius 1 is 1.18 bits per heavy atom. The number of hydrogen-bond donors (Lipinski definition) is 1. The first-order valence-electron chi connectivity index (χ1n) is 9.21. The molecule has 0 aliphatic heterocycles. The van der Waals surface area contributed by atoms with Gasteiger partial charge in [0, 0.05) is 22.8 Å². The van der Waals surface area contributed by atoms with Gasteiger partial charge >= 0.3 is 0 Å². The fraction of sp³-hybridized carbons (Fsp3) is 0.333. The van der Waals surface area contributed by atoms with E-state index in [0.29, 0.717) is 10.8 Å². The largest absolute Gasteiger partial charge is 0.496 e. The number of anilines is 2. The minimum atomic E-state index is -3.23. The number of hydrogen-bond acceptors (Lipinski definition) is 6. The topological polar surface area (TPSA) is 81.2 Å². The lowest BCUT2D eigenvalue weighted by atomic mass is 9.99. The Bertz CT molecular complexity index is 1130. The van der Waals surface area contributed by atoms with Crippen LogP contribution in [0.3, 0.4) is 0 Å². The van der Waals surface area contributed by atoms with Crippen LogP contribution in [-0.2, 0) is 9.84 Å². The highest BCUT2D eigenvalue weighted by Crippen LogP contribution is 2.33. The number of aromatic nitrogens is 2. The molecule has 1 heterocycles. The number of sulfone groups is 1. The van der Waals surface area contributed by atoms with Crippen LogP contribution in [-0.4, -0.2) is 31.2 Å². The van der Waals surface area contributed by atoms with E-state index in [1.54, 1.807) is 38.4 Å². The van der Waals surface area contributed by atoms with Crippen LogP contribution in [0.15, 0.2) is 41.4 Å². The van der Waals surface area contributed by atoms with E-state index in [9.17, 15) is 8.42 Å². The summed E-state index contributed by atoms with van der Waals surface area (Å²) in [7, 11) is -1.58. The van der Waals surface area contributed by atoms with Crippen LogP contribution in [0.25, 0.3) is 10.9 Å². The molecule has 3 rings (SSSR count). The number of benzene rings is 2. The quantitative estimate of drug-likeness (QED) is 0.652. The molecular formula is C21H25N3O3S. The van der Waals surface area contributed by atoms with Crippen molar-refractivity contribution in [3.8, 4) is 5.75 Å². The Balaban J connectivity index is 2.02. The predicted molar refractivity (Wildman–Crippen MR) is 112 cm³/mol. The summed E-state index contributed by atoms with van der Waals surface area (Å²) < 4.78 is 29.7. The normalized spacial score (nSPS) is 11.8. The lowest BCUT2D eigenvalue weighted by Crippen LogP contribution is -2.05. The summed E-state index contributed by atoms with van der Waals surface area (Å²) >= 11 is 0. The van der Waals surface area contributed by atoms with Gasteiger partial charge in [-0.1, -0.05) is 20.8 Å². The number of methoxy groups -OCH3 is 1. The van der Waals surface area contributed by atoms with E-state index in [1.807, 2.05) is 19.1 Å². The van der Waals surface area contributed by atoms with Gasteiger partial charge < -0.3 is 10.1 Å². The van der Waals surface area contributed by atoms with Crippen molar-refractivity contribution in [1.82, 2.24) is 9.97 Å². The molecular weight excluding hydrogens is 374 g/mol. The van der Waals surface area contributed by atoms with Crippen molar-refractivity contribution in [3.05, 3.63) is 47.7 Å². The second kappa shape index (κ2) is 7.75. The molecule has 1 aromatic heterocycles. The maximum atomic E-state index is 12.1. The molecule has 0 amide bonds. The Hall–Kier alpha value is -2.67. The first kappa shape index (κ1) is 20.1. The number of aryl methyl sites for hydroxylation is 1. The fourth-order valence-electron chi connectivity index (χ4n) is 3.15. The Labute approximate surface area is 165 Å². The van der Waals surface area contributed by atoms with Crippen LogP contribution in [0, 0.1) is 6.92 Å². The van der Waals surface area contributed by atoms with Gasteiger partial charge in [0.05, 0.1) is 23.3 Å². The molecule has 0 atom stereocenters. The Kier molecular flexibility index (Phi) is 5.56. The van der Waals surface area contributed by atoms with Crippen molar-refractivity contribution in [2.24, 2.45) is 0 Å². The molecule has 0 fully saturated rings. The van der Waals surface area contributed by atoms with Crippen LogP contribution in [0.5, 0.6) is 5.75 Å². The van der Waals surface area contributed by atoms with Gasteiger partial charge in [-0.2, -0.15) is 0 Å². The smallest absolute Gasteiger partial charge is 0.227 e. The van der Waals surface area contributed by atoms with Gasteiger partial charge in [-0.3, -0.25) is 0 Å². The van der Waals surface area contributed by atoms with Gasteiger partial charge in [-0.05, 0) is 48.7 Å². The lowest BCUT2D eigenvalue weighted by Gasteiger charge is -2.15. The van der Waals surface area contributed by atoms with Crippen LogP contribution in [0.1, 0.15) is 37.8 Å². The van der Waals surface area contributed by atoms with E-state index < -0.39 is 9.84 Å². The summed E-state index contributed by atoms with van der Waals surface area (Å²) in [5.41, 5.74) is 3.46. The monoisotopic (exact) mass is 399 g/mol. The van der Waals surface area contributed by atoms with Gasteiger partial charge in [-0.15, -0.1) is 0 Å². The molecule has 6 nitrogen and oxygen atoms in total. The number of rotatable bonds is 6. The minimum Gasteiger partial charge on any atom is -0.496 e. The van der Waals surface area contributed by atoms with Crippen molar-refractivity contribution in [2.75, 3.05) is 18.2 Å². The van der Waals surface area contributed by atoms with E-state index in [2.05, 4.69) is 24.1 Å². The molecule has 0 radical (unpaired) electrons. The summed E-state index contributed by atoms with van der Waals surface area (Å²) in [4.78, 5) is 9.44. The Morgan fingerprint density at radius 3 is 2.54 bits per heavy atom. The lowest BCUT2D eigenvalue weighted by molar-refractivity contribution is 0.408. The maximum Gasteiger partial charge on any atom is 0.227 e. The number of nitrogens with one attached hydrogen (secondary N) is 1. The second-order valence-corrected chi connectivity index (χ2v) is 9.25. The van der Waals surface area contributed by atoms with E-state index in [4.69, 9.17) is 9.72 Å². The van der Waals surface area contributed by atoms with Gasteiger partial charge in [0.2, 0.25) is 5.95 Å². The summed E-state index contributed by atoms with van der Waals surface area (Å²) in [5, 5.41) is 4.15. The van der Waals surface area contributed by atoms with E-state index >= 15 is 0 Å². The molecule has 0 saturated heterocycles. The highest BCUT2D eigenvalue weighted by atomic mass is 32.2. The zero-order valence-electron chi connectivity index (χ0n) is 16.8. The summed E-state index contributed by atoms with van der Waals surface area (Å²) in [5.74, 6) is 1.57. The van der Waals surface area contributed by atoms with Crippen LogP contribution in [0.2, 0.25) is 0 Å². The van der Waals surface area contributed by atoms with E-state index in [0.717, 1.165) is 33.5 Å². The molecule has 0 aliphatic rings. The van der Waals surface area contributed by atoms with Crippen molar-refractivity contribution >= 4 is 32.4 Å². The highest BCUT2D eigenvalue weighted by Gasteiger charge is 2.16. The molecule has 3 aromatic rings. The van der Waals surface area contributed by atoms with Crippen molar-refractivity contribution < 1.29 is 13.2 Å². The molecule has 0 saturated carbocycles. The zero-order chi connectivity index (χ0) is 20.5. The fourth-order valence-corrected chi connectivity index (χ4v) is 4.12. The molecule has 1 N–H and O–H groups in total. The second-order valence-electron chi connectivity index (χ2n) is 6.97. The first-order valence-corrected chi connectivity index (χ1v) is 10.9. The Morgan fingerprint density at radius 2 is 1.93 bits per heavy atom. The maximum absolute atomic E-state index is 12.1. The van der Waals surface area contributed by atoms with Crippen molar-refractivity contribution in [3.63, 3.8) is 0 Å². The molecule has 2 aromatic carbocycles. The summed E-state index contributed by atoms with van der Waals surface area (Å²) in [6, 6.07) is 8.91. The molecule has 0 bridgehead atoms. The summed E-state index contributed by atoms with van der Waals surface area (Å²) in [6.07, 6.45) is 1.78. The van der Waals surface area contributed by atoms with E-state index in [-0.39, 0.29) is 11.7 Å². The molecule has 28 heavy (non-hydrogen) atoms. The number of ether oxygens (including phenoxy) is 1. The average molecular weight is 400 g/mol. The van der Waals surface area contributed by atoms with Gasteiger partial charge in [0.25, 0.3) is 0 Å². The highest BCUT2D eigenvalue weighted by molar-refractivity contribution is 7.91. The SMILES string of the molecule is CCS(=O)(=O)c1ccc(Nc2ncc3ccc(OC)c(C(C)C)c3n2)c(C)c1. The van der Waals surface area contributed by atoms with Gasteiger partial charge in [-0.25, -0.2) is 18.4 Å². The third kappa shape index (κ3) is 3.80. The third-order valence-corrected chi connectivity index (χ3v) is 6.46. The van der Waals surface area contributed by atoms with Gasteiger partial charge in [0.15, 0.2) is 9.84 Å². The molecule has 0 spiro atoms. The minimum absolute atomic E-state index is 0.0762. The van der Waals surface area contributed by atoms with Gasteiger partial charge in [0.1, 0.15) is 5.75 Å². The molecule has 148 valence electrons. The third-order valence-electron chi connectivity index (χ3n) is 4.73. The van der Waals surface area contributed by atoms with Crippen LogP contribution < -0.4 is 10.1 Å². The van der Waals surface area contributed by atoms with Crippen molar-refractivity contribution in [2.45, 2.75) is 38.5 Å². The van der Waals surface area contributed by atoms with Crippen molar-refractivity contribution in [1.29, 1.82) is 0 Å². The molecule has 0 unspecified atom stereocenters. The average Bonchev–Trinajstić information content (AvgIpc) is 2.68.